The first-order valence-electron chi connectivity index (χ1n) is 8.14. The van der Waals surface area contributed by atoms with Crippen LogP contribution in [-0.2, 0) is 14.3 Å². The van der Waals surface area contributed by atoms with Gasteiger partial charge < -0.3 is 14.8 Å². The maximum Gasteiger partial charge on any atom is 0.414 e. The quantitative estimate of drug-likeness (QED) is 0.564. The molecule has 0 heterocycles. The fourth-order valence-corrected chi connectivity index (χ4v) is 2.01. The standard InChI is InChI=1S/C17H28F3NO4/c1-8-24-14(22)12(10(2)3)9-13(17(18,19)20)11(4)21-15(23)25-16(5,6)7/h9-12H,8H2,1-7H3,(H,21,23)/b13-9-/t11-,12-/m0/s1. The Labute approximate surface area is 146 Å². The number of hydrogen-bond acceptors (Lipinski definition) is 4. The van der Waals surface area contributed by atoms with Gasteiger partial charge in [-0.2, -0.15) is 13.2 Å². The van der Waals surface area contributed by atoms with E-state index >= 15 is 0 Å². The highest BCUT2D eigenvalue weighted by Crippen LogP contribution is 2.31. The smallest absolute Gasteiger partial charge is 0.414 e. The van der Waals surface area contributed by atoms with E-state index in [1.54, 1.807) is 41.5 Å². The number of nitrogens with one attached hydrogen (secondary N) is 1. The van der Waals surface area contributed by atoms with Crippen LogP contribution in [0.25, 0.3) is 0 Å². The third-order valence-electron chi connectivity index (χ3n) is 3.16. The SMILES string of the molecule is CCOC(=O)[C@@H](/C=C(/[C@H](C)NC(=O)OC(C)(C)C)C(F)(F)F)C(C)C. The zero-order valence-corrected chi connectivity index (χ0v) is 15.8. The maximum atomic E-state index is 13.4. The fourth-order valence-electron chi connectivity index (χ4n) is 2.01. The summed E-state index contributed by atoms with van der Waals surface area (Å²) in [6.45, 7) is 10.9. The summed E-state index contributed by atoms with van der Waals surface area (Å²) in [6, 6.07) is -1.38. The molecule has 0 radical (unpaired) electrons. The summed E-state index contributed by atoms with van der Waals surface area (Å²) in [5.74, 6) is -2.20. The second kappa shape index (κ2) is 9.10. The van der Waals surface area contributed by atoms with Gasteiger partial charge in [0, 0.05) is 0 Å². The Balaban J connectivity index is 5.54. The molecule has 0 fully saturated rings. The van der Waals surface area contributed by atoms with Gasteiger partial charge in [0.1, 0.15) is 5.60 Å². The summed E-state index contributed by atoms with van der Waals surface area (Å²) in [6.07, 6.45) is -4.86. The van der Waals surface area contributed by atoms with Gasteiger partial charge in [0.05, 0.1) is 24.1 Å². The maximum absolute atomic E-state index is 13.4. The van der Waals surface area contributed by atoms with E-state index in [0.717, 1.165) is 6.08 Å². The highest BCUT2D eigenvalue weighted by Gasteiger charge is 2.39. The van der Waals surface area contributed by atoms with Crippen molar-refractivity contribution in [1.82, 2.24) is 5.32 Å². The molecule has 0 rings (SSSR count). The van der Waals surface area contributed by atoms with Gasteiger partial charge in [-0.05, 0) is 40.5 Å². The van der Waals surface area contributed by atoms with Crippen LogP contribution in [0, 0.1) is 11.8 Å². The van der Waals surface area contributed by atoms with Crippen LogP contribution in [0.3, 0.4) is 0 Å². The molecule has 146 valence electrons. The Bertz CT molecular complexity index is 493. The van der Waals surface area contributed by atoms with E-state index in [9.17, 15) is 22.8 Å². The van der Waals surface area contributed by atoms with Crippen LogP contribution < -0.4 is 5.32 Å². The molecule has 0 aliphatic carbocycles. The van der Waals surface area contributed by atoms with Crippen LogP contribution in [-0.4, -0.2) is 36.5 Å². The number of carbonyl (C=O) groups is 2. The van der Waals surface area contributed by atoms with Gasteiger partial charge >= 0.3 is 18.2 Å². The van der Waals surface area contributed by atoms with Crippen molar-refractivity contribution >= 4 is 12.1 Å². The zero-order chi connectivity index (χ0) is 20.0. The number of halogens is 3. The van der Waals surface area contributed by atoms with Crippen LogP contribution in [0.15, 0.2) is 11.6 Å². The van der Waals surface area contributed by atoms with E-state index in [0.29, 0.717) is 0 Å². The minimum atomic E-state index is -4.71. The Hall–Kier alpha value is -1.73. The third kappa shape index (κ3) is 8.79. The van der Waals surface area contributed by atoms with Gasteiger partial charge in [0.15, 0.2) is 0 Å². The van der Waals surface area contributed by atoms with Gasteiger partial charge in [-0.3, -0.25) is 4.79 Å². The molecule has 0 aliphatic rings. The van der Waals surface area contributed by atoms with E-state index < -0.39 is 47.3 Å². The Morgan fingerprint density at radius 3 is 2.00 bits per heavy atom. The second-order valence-electron chi connectivity index (χ2n) is 7.01. The first kappa shape index (κ1) is 23.3. The first-order valence-corrected chi connectivity index (χ1v) is 8.14. The molecule has 0 aromatic rings. The van der Waals surface area contributed by atoms with E-state index in [-0.39, 0.29) is 6.61 Å². The van der Waals surface area contributed by atoms with Gasteiger partial charge in [0.25, 0.3) is 0 Å². The number of esters is 1. The van der Waals surface area contributed by atoms with Crippen molar-refractivity contribution in [2.24, 2.45) is 11.8 Å². The molecule has 0 aliphatic heterocycles. The van der Waals surface area contributed by atoms with Gasteiger partial charge in [0.2, 0.25) is 0 Å². The number of rotatable bonds is 6. The van der Waals surface area contributed by atoms with Crippen molar-refractivity contribution in [1.29, 1.82) is 0 Å². The van der Waals surface area contributed by atoms with Crippen molar-refractivity contribution in [2.45, 2.75) is 66.3 Å². The van der Waals surface area contributed by atoms with Gasteiger partial charge in [-0.25, -0.2) is 4.79 Å². The van der Waals surface area contributed by atoms with Crippen LogP contribution in [0.2, 0.25) is 0 Å². The second-order valence-corrected chi connectivity index (χ2v) is 7.01. The van der Waals surface area contributed by atoms with E-state index in [2.05, 4.69) is 5.32 Å². The number of ether oxygens (including phenoxy) is 2. The van der Waals surface area contributed by atoms with E-state index in [1.807, 2.05) is 0 Å². The van der Waals surface area contributed by atoms with Crippen LogP contribution in [0.5, 0.6) is 0 Å². The van der Waals surface area contributed by atoms with E-state index in [1.165, 1.54) is 6.92 Å². The van der Waals surface area contributed by atoms with Crippen molar-refractivity contribution < 1.29 is 32.2 Å². The predicted octanol–water partition coefficient (Wildman–Crippen LogP) is 4.22. The third-order valence-corrected chi connectivity index (χ3v) is 3.16. The zero-order valence-electron chi connectivity index (χ0n) is 15.8. The fraction of sp³-hybridized carbons (Fsp3) is 0.765. The molecule has 2 atom stereocenters. The summed E-state index contributed by atoms with van der Waals surface area (Å²) in [5.41, 5.74) is -1.86. The molecular formula is C17H28F3NO4. The minimum Gasteiger partial charge on any atom is -0.466 e. The van der Waals surface area contributed by atoms with Crippen LogP contribution >= 0.6 is 0 Å². The molecule has 1 N–H and O–H groups in total. The molecule has 0 bridgehead atoms. The molecule has 8 heteroatoms. The lowest BCUT2D eigenvalue weighted by Crippen LogP contribution is -2.42. The van der Waals surface area contributed by atoms with Crippen molar-refractivity contribution in [3.8, 4) is 0 Å². The molecule has 1 amide bonds. The number of hydrogen-bond donors (Lipinski definition) is 1. The monoisotopic (exact) mass is 367 g/mol. The summed E-state index contributed by atoms with van der Waals surface area (Å²) in [7, 11) is 0. The molecule has 0 aromatic heterocycles. The summed E-state index contributed by atoms with van der Waals surface area (Å²) in [4.78, 5) is 23.7. The highest BCUT2D eigenvalue weighted by molar-refractivity contribution is 5.75. The molecular weight excluding hydrogens is 339 g/mol. The van der Waals surface area contributed by atoms with Gasteiger partial charge in [-0.15, -0.1) is 0 Å². The van der Waals surface area contributed by atoms with Gasteiger partial charge in [-0.1, -0.05) is 19.9 Å². The Morgan fingerprint density at radius 1 is 1.12 bits per heavy atom. The molecule has 25 heavy (non-hydrogen) atoms. The lowest BCUT2D eigenvalue weighted by atomic mass is 9.91. The van der Waals surface area contributed by atoms with Crippen molar-refractivity contribution in [3.05, 3.63) is 11.6 Å². The minimum absolute atomic E-state index is 0.0724. The summed E-state index contributed by atoms with van der Waals surface area (Å²) in [5, 5.41) is 2.16. The molecule has 0 saturated carbocycles. The first-order chi connectivity index (χ1) is 11.2. The van der Waals surface area contributed by atoms with Crippen LogP contribution in [0.1, 0.15) is 48.5 Å². The Kier molecular flexibility index (Phi) is 8.47. The van der Waals surface area contributed by atoms with Crippen molar-refractivity contribution in [3.63, 3.8) is 0 Å². The van der Waals surface area contributed by atoms with E-state index in [4.69, 9.17) is 9.47 Å². The average molecular weight is 367 g/mol. The molecule has 5 nitrogen and oxygen atoms in total. The normalized spacial score (nSPS) is 15.6. The Morgan fingerprint density at radius 2 is 1.64 bits per heavy atom. The molecule has 0 saturated heterocycles. The predicted molar refractivity (Wildman–Crippen MR) is 87.9 cm³/mol. The van der Waals surface area contributed by atoms with Crippen LogP contribution in [0.4, 0.5) is 18.0 Å². The number of amides is 1. The molecule has 0 unspecified atom stereocenters. The largest absolute Gasteiger partial charge is 0.466 e. The van der Waals surface area contributed by atoms with Crippen molar-refractivity contribution in [2.75, 3.05) is 6.61 Å². The molecule has 0 spiro atoms. The number of alkyl carbamates (subject to hydrolysis) is 1. The summed E-state index contributed by atoms with van der Waals surface area (Å²) >= 11 is 0. The number of carbonyl (C=O) groups excluding carboxylic acids is 2. The summed E-state index contributed by atoms with van der Waals surface area (Å²) < 4.78 is 50.1. The lowest BCUT2D eigenvalue weighted by molar-refractivity contribution is -0.147. The average Bonchev–Trinajstić information content (AvgIpc) is 2.34. The highest BCUT2D eigenvalue weighted by atomic mass is 19.4. The topological polar surface area (TPSA) is 64.6 Å². The number of alkyl halides is 3. The molecule has 0 aromatic carbocycles. The lowest BCUT2D eigenvalue weighted by Gasteiger charge is -2.25.